The third kappa shape index (κ3) is 2.55. The van der Waals surface area contributed by atoms with Crippen molar-refractivity contribution >= 4 is 0 Å². The van der Waals surface area contributed by atoms with Gasteiger partial charge in [0, 0.05) is 11.4 Å². The lowest BCUT2D eigenvalue weighted by Gasteiger charge is -2.08. The summed E-state index contributed by atoms with van der Waals surface area (Å²) in [5, 5.41) is 0. The molecule has 0 aliphatic carbocycles. The van der Waals surface area contributed by atoms with Crippen LogP contribution in [0.15, 0.2) is 12.1 Å². The van der Waals surface area contributed by atoms with Crippen LogP contribution in [0.5, 0.6) is 0 Å². The fourth-order valence-corrected chi connectivity index (χ4v) is 1.36. The van der Waals surface area contributed by atoms with E-state index in [1.807, 2.05) is 0 Å². The van der Waals surface area contributed by atoms with Crippen molar-refractivity contribution in [2.75, 3.05) is 0 Å². The molecule has 0 bridgehead atoms. The first-order chi connectivity index (χ1) is 6.17. The lowest BCUT2D eigenvalue weighted by Crippen LogP contribution is -1.99. The van der Waals surface area contributed by atoms with Gasteiger partial charge in [-0.15, -0.1) is 0 Å². The molecule has 72 valence electrons. The van der Waals surface area contributed by atoms with Crippen LogP contribution in [0, 0.1) is 0 Å². The van der Waals surface area contributed by atoms with Gasteiger partial charge in [-0.25, -0.2) is 0 Å². The molecule has 0 fully saturated rings. The van der Waals surface area contributed by atoms with E-state index in [0.29, 0.717) is 5.92 Å². The van der Waals surface area contributed by atoms with Crippen molar-refractivity contribution in [1.29, 1.82) is 0 Å². The Morgan fingerprint density at radius 2 is 1.85 bits per heavy atom. The Bertz CT molecular complexity index is 254. The normalized spacial score (nSPS) is 10.8. The molecular formula is C12H19N. The van der Waals surface area contributed by atoms with Gasteiger partial charge in [0.25, 0.3) is 0 Å². The highest BCUT2D eigenvalue weighted by molar-refractivity contribution is 5.23. The number of pyridine rings is 1. The zero-order chi connectivity index (χ0) is 9.84. The van der Waals surface area contributed by atoms with Gasteiger partial charge in [0.2, 0.25) is 0 Å². The fraction of sp³-hybridized carbons (Fsp3) is 0.583. The van der Waals surface area contributed by atoms with Gasteiger partial charge in [-0.05, 0) is 36.5 Å². The SMILES string of the molecule is CCc1cc(CC)nc(C(C)C)c1. The maximum Gasteiger partial charge on any atom is 0.0435 e. The van der Waals surface area contributed by atoms with Crippen LogP contribution in [-0.4, -0.2) is 4.98 Å². The average molecular weight is 177 g/mol. The summed E-state index contributed by atoms with van der Waals surface area (Å²) in [6.45, 7) is 8.74. The van der Waals surface area contributed by atoms with Gasteiger partial charge in [-0.1, -0.05) is 27.7 Å². The monoisotopic (exact) mass is 177 g/mol. The van der Waals surface area contributed by atoms with Gasteiger partial charge in [-0.2, -0.15) is 0 Å². The van der Waals surface area contributed by atoms with Crippen molar-refractivity contribution in [2.45, 2.75) is 46.5 Å². The second-order valence-electron chi connectivity index (χ2n) is 3.75. The third-order valence-electron chi connectivity index (χ3n) is 2.32. The topological polar surface area (TPSA) is 12.9 Å². The van der Waals surface area contributed by atoms with E-state index >= 15 is 0 Å². The maximum absolute atomic E-state index is 4.60. The molecule has 0 aliphatic rings. The molecule has 13 heavy (non-hydrogen) atoms. The van der Waals surface area contributed by atoms with Gasteiger partial charge < -0.3 is 0 Å². The van der Waals surface area contributed by atoms with E-state index in [2.05, 4.69) is 44.8 Å². The Balaban J connectivity index is 3.07. The number of aromatic nitrogens is 1. The Morgan fingerprint density at radius 3 is 2.31 bits per heavy atom. The van der Waals surface area contributed by atoms with E-state index in [-0.39, 0.29) is 0 Å². The smallest absolute Gasteiger partial charge is 0.0435 e. The van der Waals surface area contributed by atoms with Crippen molar-refractivity contribution in [3.63, 3.8) is 0 Å². The van der Waals surface area contributed by atoms with E-state index < -0.39 is 0 Å². The highest BCUT2D eigenvalue weighted by Gasteiger charge is 2.03. The summed E-state index contributed by atoms with van der Waals surface area (Å²) < 4.78 is 0. The number of hydrogen-bond donors (Lipinski definition) is 0. The average Bonchev–Trinajstić information content (AvgIpc) is 2.16. The molecule has 1 nitrogen and oxygen atoms in total. The summed E-state index contributed by atoms with van der Waals surface area (Å²) in [7, 11) is 0. The number of aryl methyl sites for hydroxylation is 2. The summed E-state index contributed by atoms with van der Waals surface area (Å²) in [5.74, 6) is 0.539. The van der Waals surface area contributed by atoms with Crippen molar-refractivity contribution in [3.05, 3.63) is 29.1 Å². The fourth-order valence-electron chi connectivity index (χ4n) is 1.36. The summed E-state index contributed by atoms with van der Waals surface area (Å²) >= 11 is 0. The molecule has 1 aromatic heterocycles. The molecule has 0 atom stereocenters. The van der Waals surface area contributed by atoms with Crippen molar-refractivity contribution in [1.82, 2.24) is 4.98 Å². The summed E-state index contributed by atoms with van der Waals surface area (Å²) in [6, 6.07) is 4.44. The van der Waals surface area contributed by atoms with Crippen LogP contribution in [-0.2, 0) is 12.8 Å². The van der Waals surface area contributed by atoms with Gasteiger partial charge >= 0.3 is 0 Å². The predicted molar refractivity (Wildman–Crippen MR) is 57.1 cm³/mol. The van der Waals surface area contributed by atoms with Crippen molar-refractivity contribution < 1.29 is 0 Å². The summed E-state index contributed by atoms with van der Waals surface area (Å²) in [4.78, 5) is 4.60. The molecule has 0 N–H and O–H groups in total. The lowest BCUT2D eigenvalue weighted by molar-refractivity contribution is 0.800. The second kappa shape index (κ2) is 4.40. The predicted octanol–water partition coefficient (Wildman–Crippen LogP) is 3.33. The van der Waals surface area contributed by atoms with Crippen LogP contribution >= 0.6 is 0 Å². The Hall–Kier alpha value is -0.850. The molecule has 0 unspecified atom stereocenters. The van der Waals surface area contributed by atoms with Gasteiger partial charge in [0.15, 0.2) is 0 Å². The first-order valence-electron chi connectivity index (χ1n) is 5.17. The van der Waals surface area contributed by atoms with Crippen LogP contribution in [0.2, 0.25) is 0 Å². The molecule has 0 spiro atoms. The number of rotatable bonds is 3. The quantitative estimate of drug-likeness (QED) is 0.690. The van der Waals surface area contributed by atoms with E-state index in [1.165, 1.54) is 17.0 Å². The van der Waals surface area contributed by atoms with Gasteiger partial charge in [0.1, 0.15) is 0 Å². The lowest BCUT2D eigenvalue weighted by atomic mass is 10.0. The highest BCUT2D eigenvalue weighted by Crippen LogP contribution is 2.15. The first kappa shape index (κ1) is 10.2. The van der Waals surface area contributed by atoms with Crippen LogP contribution in [0.1, 0.15) is 50.6 Å². The van der Waals surface area contributed by atoms with Crippen molar-refractivity contribution in [2.24, 2.45) is 0 Å². The van der Waals surface area contributed by atoms with E-state index in [9.17, 15) is 0 Å². The van der Waals surface area contributed by atoms with Crippen LogP contribution in [0.25, 0.3) is 0 Å². The van der Waals surface area contributed by atoms with Gasteiger partial charge in [0.05, 0.1) is 0 Å². The molecule has 0 aromatic carbocycles. The summed E-state index contributed by atoms with van der Waals surface area (Å²) in [5.41, 5.74) is 3.87. The van der Waals surface area contributed by atoms with E-state index in [0.717, 1.165) is 12.8 Å². The molecule has 1 rings (SSSR count). The zero-order valence-electron chi connectivity index (χ0n) is 9.09. The molecule has 1 heterocycles. The van der Waals surface area contributed by atoms with E-state index in [1.54, 1.807) is 0 Å². The van der Waals surface area contributed by atoms with Crippen LogP contribution in [0.4, 0.5) is 0 Å². The van der Waals surface area contributed by atoms with E-state index in [4.69, 9.17) is 0 Å². The van der Waals surface area contributed by atoms with Crippen molar-refractivity contribution in [3.8, 4) is 0 Å². The number of hydrogen-bond acceptors (Lipinski definition) is 1. The third-order valence-corrected chi connectivity index (χ3v) is 2.32. The molecule has 0 amide bonds. The maximum atomic E-state index is 4.60. The largest absolute Gasteiger partial charge is 0.258 e. The standard InChI is InChI=1S/C12H19N/c1-5-10-7-11(6-2)13-12(8-10)9(3)4/h7-9H,5-6H2,1-4H3. The molecule has 0 saturated heterocycles. The second-order valence-corrected chi connectivity index (χ2v) is 3.75. The molecule has 0 saturated carbocycles. The molecular weight excluding hydrogens is 158 g/mol. The summed E-state index contributed by atoms with van der Waals surface area (Å²) in [6.07, 6.45) is 2.14. The highest BCUT2D eigenvalue weighted by atomic mass is 14.7. The number of nitrogens with zero attached hydrogens (tertiary/aromatic N) is 1. The Morgan fingerprint density at radius 1 is 1.15 bits per heavy atom. The Kier molecular flexibility index (Phi) is 3.47. The molecule has 0 radical (unpaired) electrons. The molecule has 0 aliphatic heterocycles. The van der Waals surface area contributed by atoms with Crippen LogP contribution < -0.4 is 0 Å². The molecule has 1 heteroatoms. The molecule has 1 aromatic rings. The van der Waals surface area contributed by atoms with Gasteiger partial charge in [-0.3, -0.25) is 4.98 Å². The van der Waals surface area contributed by atoms with Crippen LogP contribution in [0.3, 0.4) is 0 Å². The first-order valence-corrected chi connectivity index (χ1v) is 5.17. The zero-order valence-corrected chi connectivity index (χ0v) is 9.09. The minimum Gasteiger partial charge on any atom is -0.258 e. The minimum absolute atomic E-state index is 0.539. The minimum atomic E-state index is 0.539. The Labute approximate surface area is 81.2 Å².